The lowest BCUT2D eigenvalue weighted by atomic mass is 10.0. The molecule has 0 heterocycles. The second-order valence-electron chi connectivity index (χ2n) is 5.84. The summed E-state index contributed by atoms with van der Waals surface area (Å²) in [5.74, 6) is 2.81. The molecule has 2 N–H and O–H groups in total. The van der Waals surface area contributed by atoms with Gasteiger partial charge in [-0.25, -0.2) is 5.43 Å². The van der Waals surface area contributed by atoms with E-state index < -0.39 is 0 Å². The number of halogens is 1. The molecule has 0 spiro atoms. The van der Waals surface area contributed by atoms with Gasteiger partial charge in [-0.2, -0.15) is 5.10 Å². The number of nitrogens with zero attached hydrogens (tertiary/aromatic N) is 1. The molecule has 1 amide bonds. The van der Waals surface area contributed by atoms with Crippen molar-refractivity contribution in [1.82, 2.24) is 5.43 Å². The topological polar surface area (TPSA) is 62.7 Å². The zero-order valence-electron chi connectivity index (χ0n) is 15.0. The second-order valence-corrected chi connectivity index (χ2v) is 6.76. The maximum absolute atomic E-state index is 12.0. The molecule has 6 heteroatoms. The van der Waals surface area contributed by atoms with Gasteiger partial charge in [0.1, 0.15) is 12.4 Å². The Morgan fingerprint density at radius 1 is 1.14 bits per heavy atom. The number of carbonyl (C=O) groups excluding carboxylic acids is 1. The zero-order chi connectivity index (χ0) is 19.8. The van der Waals surface area contributed by atoms with Gasteiger partial charge in [0.15, 0.2) is 0 Å². The lowest BCUT2D eigenvalue weighted by Gasteiger charge is -2.10. The molecular weight excluding hydrogens is 418 g/mol. The standard InChI is InChI=1S/C22H18BrN3O2/c1-2-13-28-21-12-7-16-5-3-4-6-19(16)20(21)14-25-26-22(27)15-24-18-10-8-17(23)9-11-18/h1,3-12,14,24H,13,15H2,(H,26,27)/b25-14-. The molecule has 3 aromatic rings. The first kappa shape index (κ1) is 19.5. The van der Waals surface area contributed by atoms with Crippen molar-refractivity contribution >= 4 is 44.5 Å². The van der Waals surface area contributed by atoms with Crippen molar-refractivity contribution in [2.45, 2.75) is 0 Å². The smallest absolute Gasteiger partial charge is 0.259 e. The van der Waals surface area contributed by atoms with Crippen LogP contribution in [0.1, 0.15) is 5.56 Å². The third kappa shape index (κ3) is 5.12. The van der Waals surface area contributed by atoms with Crippen LogP contribution in [0.5, 0.6) is 5.75 Å². The summed E-state index contributed by atoms with van der Waals surface area (Å²) in [6.07, 6.45) is 6.87. The number of anilines is 1. The molecule has 0 atom stereocenters. The first-order valence-corrected chi connectivity index (χ1v) is 9.36. The number of rotatable bonds is 7. The van der Waals surface area contributed by atoms with E-state index >= 15 is 0 Å². The molecule has 3 aromatic carbocycles. The predicted octanol–water partition coefficient (Wildman–Crippen LogP) is 4.18. The number of nitrogens with one attached hydrogen (secondary N) is 2. The van der Waals surface area contributed by atoms with Gasteiger partial charge in [-0.3, -0.25) is 4.79 Å². The normalized spacial score (nSPS) is 10.6. The fraction of sp³-hybridized carbons (Fsp3) is 0.0909. The zero-order valence-corrected chi connectivity index (χ0v) is 16.6. The molecule has 3 rings (SSSR count). The number of benzene rings is 3. The molecule has 0 aromatic heterocycles. The summed E-state index contributed by atoms with van der Waals surface area (Å²) in [5.41, 5.74) is 4.13. The van der Waals surface area contributed by atoms with E-state index in [0.717, 1.165) is 26.5 Å². The highest BCUT2D eigenvalue weighted by atomic mass is 79.9. The predicted molar refractivity (Wildman–Crippen MR) is 117 cm³/mol. The molecule has 0 saturated carbocycles. The van der Waals surface area contributed by atoms with E-state index in [9.17, 15) is 4.79 Å². The molecule has 28 heavy (non-hydrogen) atoms. The Kier molecular flexibility index (Phi) is 6.66. The lowest BCUT2D eigenvalue weighted by Crippen LogP contribution is -2.25. The van der Waals surface area contributed by atoms with Crippen LogP contribution in [0.3, 0.4) is 0 Å². The van der Waals surface area contributed by atoms with E-state index in [0.29, 0.717) is 5.75 Å². The van der Waals surface area contributed by atoms with E-state index in [1.54, 1.807) is 6.21 Å². The van der Waals surface area contributed by atoms with Crippen molar-refractivity contribution < 1.29 is 9.53 Å². The summed E-state index contributed by atoms with van der Waals surface area (Å²) in [6.45, 7) is 0.262. The maximum atomic E-state index is 12.0. The Morgan fingerprint density at radius 3 is 2.71 bits per heavy atom. The van der Waals surface area contributed by atoms with Crippen molar-refractivity contribution in [1.29, 1.82) is 0 Å². The molecule has 140 valence electrons. The largest absolute Gasteiger partial charge is 0.480 e. The summed E-state index contributed by atoms with van der Waals surface area (Å²) in [5, 5.41) is 9.12. The number of hydrogen-bond acceptors (Lipinski definition) is 4. The fourth-order valence-corrected chi connectivity index (χ4v) is 2.88. The summed E-state index contributed by atoms with van der Waals surface area (Å²) < 4.78 is 6.59. The number of amides is 1. The quantitative estimate of drug-likeness (QED) is 0.332. The molecule has 0 aliphatic heterocycles. The minimum absolute atomic E-state index is 0.106. The Bertz CT molecular complexity index is 1040. The minimum Gasteiger partial charge on any atom is -0.480 e. The summed E-state index contributed by atoms with van der Waals surface area (Å²) in [4.78, 5) is 12.0. The van der Waals surface area contributed by atoms with E-state index in [1.165, 1.54) is 0 Å². The molecule has 0 unspecified atom stereocenters. The van der Waals surface area contributed by atoms with Crippen LogP contribution in [-0.2, 0) is 4.79 Å². The molecule has 0 radical (unpaired) electrons. The number of fused-ring (bicyclic) bond motifs is 1. The molecule has 0 aliphatic rings. The highest BCUT2D eigenvalue weighted by Crippen LogP contribution is 2.26. The Morgan fingerprint density at radius 2 is 1.93 bits per heavy atom. The van der Waals surface area contributed by atoms with E-state index in [4.69, 9.17) is 11.2 Å². The third-order valence-corrected chi connectivity index (χ3v) is 4.45. The second kappa shape index (κ2) is 9.58. The van der Waals surface area contributed by atoms with Gasteiger partial charge >= 0.3 is 0 Å². The van der Waals surface area contributed by atoms with Gasteiger partial charge in [0.25, 0.3) is 5.91 Å². The third-order valence-electron chi connectivity index (χ3n) is 3.92. The monoisotopic (exact) mass is 435 g/mol. The molecule has 0 bridgehead atoms. The number of hydrazone groups is 1. The average Bonchev–Trinajstić information content (AvgIpc) is 2.72. The Hall–Kier alpha value is -3.30. The van der Waals surface area contributed by atoms with E-state index in [-0.39, 0.29) is 19.1 Å². The first-order valence-electron chi connectivity index (χ1n) is 8.57. The molecule has 0 saturated heterocycles. The van der Waals surface area contributed by atoms with Crippen molar-refractivity contribution in [3.05, 3.63) is 70.7 Å². The average molecular weight is 436 g/mol. The van der Waals surface area contributed by atoms with Crippen LogP contribution >= 0.6 is 15.9 Å². The van der Waals surface area contributed by atoms with Gasteiger partial charge in [0.2, 0.25) is 0 Å². The lowest BCUT2D eigenvalue weighted by molar-refractivity contribution is -0.119. The van der Waals surface area contributed by atoms with Crippen LogP contribution in [0.4, 0.5) is 5.69 Å². The van der Waals surface area contributed by atoms with Gasteiger partial charge in [-0.1, -0.05) is 52.2 Å². The van der Waals surface area contributed by atoms with Crippen LogP contribution in [0, 0.1) is 12.3 Å². The van der Waals surface area contributed by atoms with Gasteiger partial charge < -0.3 is 10.1 Å². The number of terminal acetylenes is 1. The first-order chi connectivity index (χ1) is 13.7. The summed E-state index contributed by atoms with van der Waals surface area (Å²) in [6, 6.07) is 19.2. The van der Waals surface area contributed by atoms with Crippen molar-refractivity contribution in [3.8, 4) is 18.1 Å². The number of ether oxygens (including phenoxy) is 1. The highest BCUT2D eigenvalue weighted by Gasteiger charge is 2.07. The van der Waals surface area contributed by atoms with Crippen LogP contribution < -0.4 is 15.5 Å². The van der Waals surface area contributed by atoms with Crippen LogP contribution in [0.25, 0.3) is 10.8 Å². The Labute approximate surface area is 171 Å². The fourth-order valence-electron chi connectivity index (χ4n) is 2.61. The van der Waals surface area contributed by atoms with Gasteiger partial charge in [-0.05, 0) is 41.1 Å². The van der Waals surface area contributed by atoms with Crippen LogP contribution in [0.2, 0.25) is 0 Å². The van der Waals surface area contributed by atoms with Gasteiger partial charge in [0, 0.05) is 15.7 Å². The van der Waals surface area contributed by atoms with Gasteiger partial charge in [-0.15, -0.1) is 6.42 Å². The summed E-state index contributed by atoms with van der Waals surface area (Å²) in [7, 11) is 0. The van der Waals surface area contributed by atoms with Crippen molar-refractivity contribution in [2.75, 3.05) is 18.5 Å². The highest BCUT2D eigenvalue weighted by molar-refractivity contribution is 9.10. The van der Waals surface area contributed by atoms with E-state index in [2.05, 4.69) is 37.7 Å². The molecule has 5 nitrogen and oxygen atoms in total. The van der Waals surface area contributed by atoms with Crippen molar-refractivity contribution in [2.24, 2.45) is 5.10 Å². The maximum Gasteiger partial charge on any atom is 0.259 e. The van der Waals surface area contributed by atoms with Gasteiger partial charge in [0.05, 0.1) is 12.8 Å². The van der Waals surface area contributed by atoms with Crippen molar-refractivity contribution in [3.63, 3.8) is 0 Å². The molecule has 0 fully saturated rings. The Balaban J connectivity index is 1.68. The number of hydrogen-bond donors (Lipinski definition) is 2. The molecule has 0 aliphatic carbocycles. The minimum atomic E-state index is -0.259. The number of carbonyl (C=O) groups is 1. The van der Waals surface area contributed by atoms with Crippen LogP contribution in [-0.4, -0.2) is 25.3 Å². The van der Waals surface area contributed by atoms with E-state index in [1.807, 2.05) is 60.7 Å². The molecular formula is C22H18BrN3O2. The van der Waals surface area contributed by atoms with Crippen LogP contribution in [0.15, 0.2) is 70.2 Å². The summed E-state index contributed by atoms with van der Waals surface area (Å²) >= 11 is 3.37. The SMILES string of the molecule is C#CCOc1ccc2ccccc2c1/C=N\NC(=O)CNc1ccc(Br)cc1.